The average Bonchev–Trinajstić information content (AvgIpc) is 3.17. The number of carbonyl (C=O) groups excluding carboxylic acids is 2. The molecule has 1 aromatic rings. The van der Waals surface area contributed by atoms with Crippen LogP contribution >= 0.6 is 0 Å². The molecule has 0 spiro atoms. The number of carbonyl (C=O) groups is 2. The minimum atomic E-state index is -3.12. The summed E-state index contributed by atoms with van der Waals surface area (Å²) < 4.78 is 29.0. The maximum Gasteiger partial charge on any atom is 0.242 e. The smallest absolute Gasteiger partial charge is 0.242 e. The number of ether oxygens (including phenoxy) is 1. The number of hydrogen-bond acceptors (Lipinski definition) is 6. The number of hydrazine groups is 1. The second-order valence-electron chi connectivity index (χ2n) is 7.16. The topological polar surface area (TPSA) is 87.2 Å². The van der Waals surface area contributed by atoms with E-state index in [9.17, 15) is 18.0 Å². The predicted octanol–water partition coefficient (Wildman–Crippen LogP) is 0.540. The minimum absolute atomic E-state index is 0.0339. The summed E-state index contributed by atoms with van der Waals surface area (Å²) in [7, 11) is 1.86. The second-order valence-corrected chi connectivity index (χ2v) is 9.39. The Hall–Kier alpha value is -2.13. The van der Waals surface area contributed by atoms with Crippen molar-refractivity contribution in [3.05, 3.63) is 24.3 Å². The molecule has 0 aromatic heterocycles. The van der Waals surface area contributed by atoms with Crippen LogP contribution in [0.15, 0.2) is 24.3 Å². The highest BCUT2D eigenvalue weighted by molar-refractivity contribution is 7.91. The van der Waals surface area contributed by atoms with Crippen LogP contribution in [-0.2, 0) is 19.4 Å². The summed E-state index contributed by atoms with van der Waals surface area (Å²) in [5, 5.41) is 3.14. The van der Waals surface area contributed by atoms with Gasteiger partial charge >= 0.3 is 0 Å². The quantitative estimate of drug-likeness (QED) is 0.677. The first-order valence-corrected chi connectivity index (χ1v) is 10.7. The van der Waals surface area contributed by atoms with Gasteiger partial charge in [0.1, 0.15) is 5.75 Å². The molecule has 2 aliphatic rings. The molecule has 2 aliphatic heterocycles. The molecule has 2 heterocycles. The Morgan fingerprint density at radius 2 is 1.96 bits per heavy atom. The lowest BCUT2D eigenvalue weighted by molar-refractivity contribution is -0.153. The van der Waals surface area contributed by atoms with Gasteiger partial charge in [0.15, 0.2) is 9.84 Å². The van der Waals surface area contributed by atoms with Crippen molar-refractivity contribution in [3.63, 3.8) is 0 Å². The van der Waals surface area contributed by atoms with Gasteiger partial charge in [0, 0.05) is 27.1 Å². The fourth-order valence-corrected chi connectivity index (χ4v) is 5.51. The fraction of sp³-hybridized carbons (Fsp3) is 0.556. The van der Waals surface area contributed by atoms with Crippen LogP contribution in [0.4, 0.5) is 5.69 Å². The van der Waals surface area contributed by atoms with Crippen LogP contribution in [0.3, 0.4) is 0 Å². The highest BCUT2D eigenvalue weighted by Crippen LogP contribution is 2.34. The van der Waals surface area contributed by atoms with Crippen molar-refractivity contribution in [2.75, 3.05) is 44.2 Å². The summed E-state index contributed by atoms with van der Waals surface area (Å²) in [4.78, 5) is 27.3. The van der Waals surface area contributed by atoms with Gasteiger partial charge in [-0.25, -0.2) is 13.4 Å². The van der Waals surface area contributed by atoms with E-state index in [-0.39, 0.29) is 42.3 Å². The number of sulfone groups is 1. The van der Waals surface area contributed by atoms with E-state index in [1.54, 1.807) is 36.1 Å². The van der Waals surface area contributed by atoms with Crippen molar-refractivity contribution in [1.82, 2.24) is 10.0 Å². The van der Waals surface area contributed by atoms with Crippen LogP contribution in [0.5, 0.6) is 5.75 Å². The predicted molar refractivity (Wildman–Crippen MR) is 101 cm³/mol. The van der Waals surface area contributed by atoms with Gasteiger partial charge in [-0.05, 0) is 18.6 Å². The Morgan fingerprint density at radius 1 is 1.26 bits per heavy atom. The van der Waals surface area contributed by atoms with Crippen molar-refractivity contribution >= 4 is 27.3 Å². The lowest BCUT2D eigenvalue weighted by Crippen LogP contribution is -2.52. The van der Waals surface area contributed by atoms with E-state index in [1.807, 2.05) is 12.1 Å². The lowest BCUT2D eigenvalue weighted by Gasteiger charge is -2.35. The summed E-state index contributed by atoms with van der Waals surface area (Å²) in [6.07, 6.45) is 0.518. The van der Waals surface area contributed by atoms with Gasteiger partial charge in [0.2, 0.25) is 11.8 Å². The number of benzene rings is 1. The Morgan fingerprint density at radius 3 is 2.56 bits per heavy atom. The van der Waals surface area contributed by atoms with Crippen molar-refractivity contribution in [1.29, 1.82) is 0 Å². The Labute approximate surface area is 159 Å². The van der Waals surface area contributed by atoms with E-state index in [4.69, 9.17) is 4.74 Å². The number of para-hydroxylation sites is 2. The summed E-state index contributed by atoms with van der Waals surface area (Å²) >= 11 is 0. The molecule has 2 fully saturated rings. The molecule has 148 valence electrons. The van der Waals surface area contributed by atoms with E-state index in [0.29, 0.717) is 17.9 Å². The van der Waals surface area contributed by atoms with Gasteiger partial charge in [0.05, 0.1) is 36.3 Å². The maximum absolute atomic E-state index is 13.1. The van der Waals surface area contributed by atoms with Crippen molar-refractivity contribution in [2.24, 2.45) is 5.92 Å². The number of amides is 2. The molecular weight excluding hydrogens is 370 g/mol. The van der Waals surface area contributed by atoms with Gasteiger partial charge in [-0.2, -0.15) is 0 Å². The molecule has 2 atom stereocenters. The zero-order chi connectivity index (χ0) is 19.8. The molecule has 2 saturated heterocycles. The SMILES string of the molecule is COc1ccccc1N1CC(C(=O)N(C2CCS(=O)(=O)C2)N(C)C)CC1=O. The van der Waals surface area contributed by atoms with E-state index >= 15 is 0 Å². The number of anilines is 1. The Kier molecular flexibility index (Phi) is 5.43. The zero-order valence-electron chi connectivity index (χ0n) is 15.8. The standard InChI is InChI=1S/C18H25N3O5S/c1-19(2)21(14-8-9-27(24,25)12-14)18(23)13-10-17(22)20(11-13)15-6-4-5-7-16(15)26-3/h4-7,13-14H,8-12H2,1-3H3. The average molecular weight is 395 g/mol. The zero-order valence-corrected chi connectivity index (χ0v) is 16.6. The maximum atomic E-state index is 13.1. The van der Waals surface area contributed by atoms with Gasteiger partial charge in [-0.1, -0.05) is 12.1 Å². The normalized spacial score (nSPS) is 24.4. The summed E-state index contributed by atoms with van der Waals surface area (Å²) in [6, 6.07) is 6.81. The molecule has 0 aliphatic carbocycles. The van der Waals surface area contributed by atoms with Crippen molar-refractivity contribution in [2.45, 2.75) is 18.9 Å². The molecule has 0 bridgehead atoms. The van der Waals surface area contributed by atoms with Crippen LogP contribution in [-0.4, -0.2) is 75.5 Å². The summed E-state index contributed by atoms with van der Waals surface area (Å²) in [5.74, 6) is -0.248. The third-order valence-electron chi connectivity index (χ3n) is 5.06. The molecule has 9 heteroatoms. The first-order chi connectivity index (χ1) is 12.7. The minimum Gasteiger partial charge on any atom is -0.495 e. The van der Waals surface area contributed by atoms with Gasteiger partial charge in [0.25, 0.3) is 0 Å². The van der Waals surface area contributed by atoms with Gasteiger partial charge in [-0.3, -0.25) is 14.6 Å². The third-order valence-corrected chi connectivity index (χ3v) is 6.81. The number of methoxy groups -OCH3 is 1. The summed E-state index contributed by atoms with van der Waals surface area (Å²) in [6.45, 7) is 0.252. The number of hydrogen-bond donors (Lipinski definition) is 0. The highest BCUT2D eigenvalue weighted by Gasteiger charge is 2.43. The monoisotopic (exact) mass is 395 g/mol. The molecule has 2 unspecified atom stereocenters. The van der Waals surface area contributed by atoms with Gasteiger partial charge in [-0.15, -0.1) is 0 Å². The molecule has 0 radical (unpaired) electrons. The Balaban J connectivity index is 1.80. The lowest BCUT2D eigenvalue weighted by atomic mass is 10.1. The molecule has 27 heavy (non-hydrogen) atoms. The van der Waals surface area contributed by atoms with Crippen LogP contribution in [0.1, 0.15) is 12.8 Å². The molecule has 3 rings (SSSR count). The number of nitrogens with zero attached hydrogens (tertiary/aromatic N) is 3. The molecule has 2 amide bonds. The van der Waals surface area contributed by atoms with Crippen molar-refractivity contribution < 1.29 is 22.7 Å². The summed E-state index contributed by atoms with van der Waals surface area (Å²) in [5.41, 5.74) is 0.639. The Bertz CT molecular complexity index is 839. The molecular formula is C18H25N3O5S. The van der Waals surface area contributed by atoms with E-state index in [0.717, 1.165) is 0 Å². The molecule has 1 aromatic carbocycles. The molecule has 8 nitrogen and oxygen atoms in total. The van der Waals surface area contributed by atoms with Crippen molar-refractivity contribution in [3.8, 4) is 5.75 Å². The van der Waals surface area contributed by atoms with Crippen LogP contribution in [0.2, 0.25) is 0 Å². The van der Waals surface area contributed by atoms with Gasteiger partial charge < -0.3 is 9.64 Å². The van der Waals surface area contributed by atoms with Crippen LogP contribution < -0.4 is 9.64 Å². The van der Waals surface area contributed by atoms with E-state index in [2.05, 4.69) is 0 Å². The van der Waals surface area contributed by atoms with E-state index < -0.39 is 15.8 Å². The first-order valence-electron chi connectivity index (χ1n) is 8.87. The number of rotatable bonds is 5. The highest BCUT2D eigenvalue weighted by atomic mass is 32.2. The molecule has 0 N–H and O–H groups in total. The molecule has 0 saturated carbocycles. The largest absolute Gasteiger partial charge is 0.495 e. The third kappa shape index (κ3) is 3.93. The van der Waals surface area contributed by atoms with E-state index in [1.165, 1.54) is 12.1 Å². The fourth-order valence-electron chi connectivity index (χ4n) is 3.82. The first kappa shape index (κ1) is 19.6. The van der Waals surface area contributed by atoms with Crippen LogP contribution in [0.25, 0.3) is 0 Å². The second kappa shape index (κ2) is 7.47. The van der Waals surface area contributed by atoms with Crippen LogP contribution in [0, 0.1) is 5.92 Å².